The van der Waals surface area contributed by atoms with Crippen molar-refractivity contribution in [2.24, 2.45) is 0 Å². The number of amides is 1. The van der Waals surface area contributed by atoms with Crippen LogP contribution in [0.3, 0.4) is 0 Å². The van der Waals surface area contributed by atoms with Crippen molar-refractivity contribution in [1.29, 1.82) is 0 Å². The minimum Gasteiger partial charge on any atom is -0.292 e. The number of nitrogens with one attached hydrogen (secondary N) is 1. The molecule has 2 nitrogen and oxygen atoms in total. The van der Waals surface area contributed by atoms with Gasteiger partial charge in [0.15, 0.2) is 12.7 Å². The summed E-state index contributed by atoms with van der Waals surface area (Å²) < 4.78 is 0. The van der Waals surface area contributed by atoms with Crippen molar-refractivity contribution in [3.05, 3.63) is 138 Å². The Morgan fingerprint density at radius 1 is 0.697 bits per heavy atom. The van der Waals surface area contributed by atoms with Crippen molar-refractivity contribution in [3.8, 4) is 0 Å². The maximum Gasteiger partial charge on any atom is 0.258 e. The molecule has 0 saturated heterocycles. The van der Waals surface area contributed by atoms with Crippen molar-refractivity contribution in [3.63, 3.8) is 0 Å². The van der Waals surface area contributed by atoms with Gasteiger partial charge < -0.3 is 0 Å². The summed E-state index contributed by atoms with van der Waals surface area (Å²) in [6.45, 7) is 2.13. The quantitative estimate of drug-likeness (QED) is 0.323. The molecule has 1 amide bonds. The fourth-order valence-electron chi connectivity index (χ4n) is 3.95. The van der Waals surface area contributed by atoms with Crippen LogP contribution in [0.4, 0.5) is 0 Å². The summed E-state index contributed by atoms with van der Waals surface area (Å²) in [6, 6.07) is 41.2. The van der Waals surface area contributed by atoms with Gasteiger partial charge in [-0.05, 0) is 54.3 Å². The molecule has 0 bridgehead atoms. The number of hydrogen-bond acceptors (Lipinski definition) is 2. The van der Waals surface area contributed by atoms with Gasteiger partial charge in [-0.3, -0.25) is 10.1 Å². The van der Waals surface area contributed by atoms with Crippen LogP contribution in [0.25, 0.3) is 0 Å². The molecule has 0 spiro atoms. The van der Waals surface area contributed by atoms with E-state index in [0.29, 0.717) is 5.56 Å². The number of benzene rings is 4. The minimum absolute atomic E-state index is 0.0919. The van der Waals surface area contributed by atoms with Gasteiger partial charge >= 0.3 is 0 Å². The van der Waals surface area contributed by atoms with E-state index in [2.05, 4.69) is 90.4 Å². The summed E-state index contributed by atoms with van der Waals surface area (Å²) in [5.41, 5.74) is 1.60. The predicted molar refractivity (Wildman–Crippen MR) is 145 cm³/mol. The average Bonchev–Trinajstić information content (AvgIpc) is 2.90. The van der Waals surface area contributed by atoms with Crippen molar-refractivity contribution in [2.75, 3.05) is 5.75 Å². The minimum atomic E-state index is -2.36. The van der Waals surface area contributed by atoms with E-state index in [1.807, 2.05) is 48.5 Å². The molecular weight excluding hydrogens is 441 g/mol. The molecule has 1 N–H and O–H groups in total. The van der Waals surface area contributed by atoms with Crippen LogP contribution in [-0.2, 0) is 0 Å². The van der Waals surface area contributed by atoms with E-state index in [0.717, 1.165) is 11.2 Å². The van der Waals surface area contributed by atoms with Gasteiger partial charge in [0.1, 0.15) is 15.9 Å². The van der Waals surface area contributed by atoms with Gasteiger partial charge in [-0.25, -0.2) is 0 Å². The van der Waals surface area contributed by atoms with Crippen molar-refractivity contribution in [1.82, 2.24) is 5.32 Å². The van der Waals surface area contributed by atoms with Gasteiger partial charge in [0.05, 0.1) is 0 Å². The van der Waals surface area contributed by atoms with Gasteiger partial charge in [0, 0.05) is 11.0 Å². The fourth-order valence-corrected chi connectivity index (χ4v) is 9.05. The highest BCUT2D eigenvalue weighted by atomic mass is 32.2. The van der Waals surface area contributed by atoms with Crippen molar-refractivity contribution in [2.45, 2.75) is 6.92 Å². The van der Waals surface area contributed by atoms with Gasteiger partial charge in [0.2, 0.25) is 0 Å². The summed E-state index contributed by atoms with van der Waals surface area (Å²) in [4.78, 5) is 13.4. The Labute approximate surface area is 201 Å². The van der Waals surface area contributed by atoms with Crippen molar-refractivity contribution < 1.29 is 4.79 Å². The molecule has 0 aromatic heterocycles. The van der Waals surface area contributed by atoms with Gasteiger partial charge in [-0.2, -0.15) is 0 Å². The number of thioether (sulfide) groups is 1. The van der Waals surface area contributed by atoms with Crippen LogP contribution in [0.2, 0.25) is 0 Å². The second kappa shape index (κ2) is 11.1. The zero-order valence-corrected chi connectivity index (χ0v) is 20.3. The molecule has 0 aliphatic heterocycles. The number of hydrogen-bond donors (Lipinski definition) is 1. The highest BCUT2D eigenvalue weighted by Crippen LogP contribution is 2.61. The Morgan fingerprint density at radius 2 is 1.09 bits per heavy atom. The Kier molecular flexibility index (Phi) is 7.78. The fraction of sp³-hybridized carbons (Fsp3) is 0.0690. The largest absolute Gasteiger partial charge is 0.292 e. The van der Waals surface area contributed by atoms with Gasteiger partial charge in [-0.15, -0.1) is 11.8 Å². The molecule has 0 radical (unpaired) electrons. The highest BCUT2D eigenvalue weighted by molar-refractivity contribution is 8.04. The lowest BCUT2D eigenvalue weighted by molar-refractivity contribution is 0.0968. The molecule has 4 aromatic rings. The average molecular weight is 469 g/mol. The van der Waals surface area contributed by atoms with Crippen LogP contribution < -0.4 is 21.2 Å². The Balaban J connectivity index is 1.99. The third kappa shape index (κ3) is 4.95. The summed E-state index contributed by atoms with van der Waals surface area (Å²) >= 11 is 1.72. The maximum absolute atomic E-state index is 13.4. The van der Waals surface area contributed by atoms with Crippen LogP contribution in [-0.4, -0.2) is 11.7 Å². The third-order valence-electron chi connectivity index (χ3n) is 5.43. The van der Waals surface area contributed by atoms with Crippen LogP contribution in [0.1, 0.15) is 17.3 Å². The second-order valence-electron chi connectivity index (χ2n) is 7.46. The Morgan fingerprint density at radius 3 is 1.48 bits per heavy atom. The second-order valence-corrected chi connectivity index (χ2v) is 12.0. The molecule has 0 fully saturated rings. The van der Waals surface area contributed by atoms with Gasteiger partial charge in [-0.1, -0.05) is 79.7 Å². The van der Waals surface area contributed by atoms with E-state index in [4.69, 9.17) is 0 Å². The Hall–Kier alpha value is -3.13. The molecule has 0 aliphatic carbocycles. The van der Waals surface area contributed by atoms with Crippen LogP contribution in [0.5, 0.6) is 0 Å². The molecule has 33 heavy (non-hydrogen) atoms. The van der Waals surface area contributed by atoms with E-state index in [1.54, 1.807) is 11.8 Å². The number of carbonyl (C=O) groups excluding carboxylic acids is 1. The number of carbonyl (C=O) groups is 1. The lowest BCUT2D eigenvalue weighted by Crippen LogP contribution is -2.38. The van der Waals surface area contributed by atoms with E-state index < -0.39 is 7.26 Å². The van der Waals surface area contributed by atoms with E-state index in [-0.39, 0.29) is 5.91 Å². The first-order valence-corrected chi connectivity index (χ1v) is 13.8. The molecule has 164 valence electrons. The third-order valence-corrected chi connectivity index (χ3v) is 10.5. The number of rotatable bonds is 8. The topological polar surface area (TPSA) is 29.1 Å². The molecule has 0 atom stereocenters. The van der Waals surface area contributed by atoms with E-state index in [1.165, 1.54) is 15.9 Å². The molecule has 0 saturated carbocycles. The standard InChI is InChI=1S/C29H26NOPS/c1-2-33-23-28(30-29(31)24-15-7-3-8-16-24)32(25-17-9-4-10-18-25,26-19-11-5-12-20-26)27-21-13-6-14-22-27/h3-23H,2H2,1H3/p+1. The first kappa shape index (κ1) is 23.0. The summed E-state index contributed by atoms with van der Waals surface area (Å²) in [5, 5.41) is 9.13. The summed E-state index contributed by atoms with van der Waals surface area (Å²) in [5.74, 6) is 0.828. The van der Waals surface area contributed by atoms with Crippen LogP contribution in [0, 0.1) is 0 Å². The monoisotopic (exact) mass is 468 g/mol. The maximum atomic E-state index is 13.4. The van der Waals surface area contributed by atoms with Gasteiger partial charge in [0.25, 0.3) is 5.91 Å². The molecular formula is C29H27NOPS+. The molecule has 4 rings (SSSR count). The van der Waals surface area contributed by atoms with Crippen LogP contribution >= 0.6 is 19.0 Å². The molecule has 4 heteroatoms. The summed E-state index contributed by atoms with van der Waals surface area (Å²) in [6.07, 6.45) is 0. The first-order chi connectivity index (χ1) is 16.3. The zero-order valence-electron chi connectivity index (χ0n) is 18.6. The summed E-state index contributed by atoms with van der Waals surface area (Å²) in [7, 11) is -2.36. The molecule has 0 heterocycles. The molecule has 4 aromatic carbocycles. The normalized spacial score (nSPS) is 11.7. The van der Waals surface area contributed by atoms with Crippen molar-refractivity contribution >= 4 is 40.8 Å². The van der Waals surface area contributed by atoms with E-state index in [9.17, 15) is 4.79 Å². The highest BCUT2D eigenvalue weighted by Gasteiger charge is 2.50. The SMILES string of the molecule is CCSC=C(NC(=O)c1ccccc1)[P+](c1ccccc1)(c1ccccc1)c1ccccc1. The molecule has 0 unspecified atom stereocenters. The molecule has 0 aliphatic rings. The van der Waals surface area contributed by atoms with Crippen LogP contribution in [0.15, 0.2) is 132 Å². The smallest absolute Gasteiger partial charge is 0.258 e. The lowest BCUT2D eigenvalue weighted by Gasteiger charge is -2.29. The first-order valence-electron chi connectivity index (χ1n) is 11.0. The Bertz CT molecular complexity index is 1100. The predicted octanol–water partition coefficient (Wildman–Crippen LogP) is 5.96. The van der Waals surface area contributed by atoms with E-state index >= 15 is 0 Å². The zero-order chi connectivity index (χ0) is 22.9. The lowest BCUT2D eigenvalue weighted by atomic mass is 10.2.